The predicted molar refractivity (Wildman–Crippen MR) is 136 cm³/mol. The van der Waals surface area contributed by atoms with Crippen LogP contribution in [-0.4, -0.2) is 72.4 Å². The van der Waals surface area contributed by atoms with Crippen molar-refractivity contribution in [2.45, 2.75) is 128 Å². The van der Waals surface area contributed by atoms with Gasteiger partial charge in [-0.2, -0.15) is 0 Å². The standard InChI is InChI=1S/C29H46O8/c1-16(30)37-24(9-10-25(2,3)34)28(6,35)23-8-12-29(36)18-13-20(31)19-14-21(32)22(33)15-26(19,4)17(18)7-11-27(23,29)5/h13,17,19,21-24,32-36H,7-12,14-15H2,1-6H3/t17-,19-,21+,22-,23-,24+,26+,27+,28+,29-/m0/s1. The molecule has 210 valence electrons. The number of carbonyl (C=O) groups is 2. The minimum atomic E-state index is -1.47. The first-order valence-corrected chi connectivity index (χ1v) is 13.8. The zero-order valence-corrected chi connectivity index (χ0v) is 23.2. The van der Waals surface area contributed by atoms with E-state index in [1.807, 2.05) is 13.8 Å². The van der Waals surface area contributed by atoms with Gasteiger partial charge in [0.2, 0.25) is 0 Å². The highest BCUT2D eigenvalue weighted by atomic mass is 16.6. The van der Waals surface area contributed by atoms with Crippen molar-refractivity contribution >= 4 is 11.8 Å². The lowest BCUT2D eigenvalue weighted by Gasteiger charge is -2.60. The molecule has 0 amide bonds. The Hall–Kier alpha value is -1.32. The fraction of sp³-hybridized carbons (Fsp3) is 0.862. The van der Waals surface area contributed by atoms with Crippen molar-refractivity contribution in [3.8, 4) is 0 Å². The van der Waals surface area contributed by atoms with Gasteiger partial charge >= 0.3 is 5.97 Å². The van der Waals surface area contributed by atoms with Gasteiger partial charge in [-0.25, -0.2) is 0 Å². The molecule has 0 radical (unpaired) electrons. The van der Waals surface area contributed by atoms with E-state index < -0.39 is 63.8 Å². The maximum absolute atomic E-state index is 13.4. The number of carbonyl (C=O) groups excluding carboxylic acids is 2. The summed E-state index contributed by atoms with van der Waals surface area (Å²) in [4.78, 5) is 25.3. The van der Waals surface area contributed by atoms with E-state index in [-0.39, 0.29) is 24.5 Å². The van der Waals surface area contributed by atoms with Gasteiger partial charge in [-0.05, 0) is 101 Å². The highest BCUT2D eigenvalue weighted by Crippen LogP contribution is 2.68. The summed E-state index contributed by atoms with van der Waals surface area (Å²) >= 11 is 0. The van der Waals surface area contributed by atoms with Crippen LogP contribution in [0.3, 0.4) is 0 Å². The molecule has 0 spiro atoms. The maximum Gasteiger partial charge on any atom is 0.303 e. The Morgan fingerprint density at radius 3 is 2.35 bits per heavy atom. The van der Waals surface area contributed by atoms with Crippen LogP contribution in [0.5, 0.6) is 0 Å². The third-order valence-electron chi connectivity index (χ3n) is 10.8. The van der Waals surface area contributed by atoms with Crippen molar-refractivity contribution < 1.29 is 39.9 Å². The summed E-state index contributed by atoms with van der Waals surface area (Å²) < 4.78 is 5.61. The van der Waals surface area contributed by atoms with Crippen LogP contribution >= 0.6 is 0 Å². The molecule has 0 aromatic heterocycles. The van der Waals surface area contributed by atoms with E-state index >= 15 is 0 Å². The Bertz CT molecular complexity index is 965. The number of ketones is 1. The Morgan fingerprint density at radius 1 is 1.11 bits per heavy atom. The van der Waals surface area contributed by atoms with E-state index in [1.54, 1.807) is 26.8 Å². The van der Waals surface area contributed by atoms with Crippen molar-refractivity contribution in [3.05, 3.63) is 11.6 Å². The Morgan fingerprint density at radius 2 is 1.76 bits per heavy atom. The SMILES string of the molecule is CC(=O)O[C@H](CCC(C)(C)O)[C@](C)(O)[C@H]1CC[C@]2(O)C3=CC(=O)[C@@H]4C[C@@H](O)[C@@H](O)C[C@]4(C)[C@H]3CC[C@]12C. The molecule has 3 fully saturated rings. The molecule has 0 bridgehead atoms. The molecule has 0 heterocycles. The van der Waals surface area contributed by atoms with Crippen LogP contribution < -0.4 is 0 Å². The number of esters is 1. The third kappa shape index (κ3) is 4.50. The number of hydrogen-bond acceptors (Lipinski definition) is 8. The third-order valence-corrected chi connectivity index (χ3v) is 10.8. The van der Waals surface area contributed by atoms with Gasteiger partial charge in [0.15, 0.2) is 5.78 Å². The van der Waals surface area contributed by atoms with Gasteiger partial charge in [-0.15, -0.1) is 0 Å². The summed E-state index contributed by atoms with van der Waals surface area (Å²) in [6.07, 6.45) is 2.13. The molecule has 0 unspecified atom stereocenters. The molecule has 10 atom stereocenters. The molecule has 8 nitrogen and oxygen atoms in total. The van der Waals surface area contributed by atoms with E-state index in [0.29, 0.717) is 44.1 Å². The summed E-state index contributed by atoms with van der Waals surface area (Å²) in [7, 11) is 0. The molecule has 0 aromatic carbocycles. The van der Waals surface area contributed by atoms with Crippen molar-refractivity contribution in [3.63, 3.8) is 0 Å². The quantitative estimate of drug-likeness (QED) is 0.335. The molecule has 0 saturated heterocycles. The number of fused-ring (bicyclic) bond motifs is 5. The molecule has 0 aliphatic heterocycles. The van der Waals surface area contributed by atoms with E-state index in [2.05, 4.69) is 0 Å². The van der Waals surface area contributed by atoms with Gasteiger partial charge in [0.05, 0.1) is 23.4 Å². The summed E-state index contributed by atoms with van der Waals surface area (Å²) in [6.45, 7) is 10.3. The van der Waals surface area contributed by atoms with Crippen molar-refractivity contribution in [2.24, 2.45) is 28.6 Å². The maximum atomic E-state index is 13.4. The van der Waals surface area contributed by atoms with Crippen molar-refractivity contribution in [1.82, 2.24) is 0 Å². The fourth-order valence-corrected chi connectivity index (χ4v) is 8.69. The number of hydrogen-bond donors (Lipinski definition) is 5. The second-order valence-electron chi connectivity index (χ2n) is 13.8. The van der Waals surface area contributed by atoms with Crippen LogP contribution in [0.4, 0.5) is 0 Å². The lowest BCUT2D eigenvalue weighted by molar-refractivity contribution is -0.192. The highest BCUT2D eigenvalue weighted by molar-refractivity contribution is 5.95. The van der Waals surface area contributed by atoms with Gasteiger partial charge in [-0.1, -0.05) is 13.8 Å². The van der Waals surface area contributed by atoms with Gasteiger partial charge < -0.3 is 30.3 Å². The van der Waals surface area contributed by atoms with Crippen LogP contribution in [0, 0.1) is 28.6 Å². The molecule has 5 N–H and O–H groups in total. The average molecular weight is 523 g/mol. The molecule has 4 aliphatic carbocycles. The second kappa shape index (κ2) is 9.12. The van der Waals surface area contributed by atoms with E-state index in [9.17, 15) is 35.1 Å². The topological polar surface area (TPSA) is 145 Å². The number of ether oxygens (including phenoxy) is 1. The highest BCUT2D eigenvalue weighted by Gasteiger charge is 2.69. The number of allylic oxidation sites excluding steroid dienone is 1. The Kier molecular flexibility index (Phi) is 7.07. The Balaban J connectivity index is 1.69. The predicted octanol–water partition coefficient (Wildman–Crippen LogP) is 2.42. The Labute approximate surface area is 220 Å². The summed E-state index contributed by atoms with van der Waals surface area (Å²) in [5, 5.41) is 55.4. The van der Waals surface area contributed by atoms with E-state index in [4.69, 9.17) is 4.74 Å². The molecular formula is C29H46O8. The fourth-order valence-electron chi connectivity index (χ4n) is 8.69. The van der Waals surface area contributed by atoms with Gasteiger partial charge in [0, 0.05) is 18.3 Å². The lowest BCUT2D eigenvalue weighted by atomic mass is 9.45. The minimum absolute atomic E-state index is 0.112. The van der Waals surface area contributed by atoms with E-state index in [0.717, 1.165) is 0 Å². The number of aliphatic hydroxyl groups is 5. The lowest BCUT2D eigenvalue weighted by Crippen LogP contribution is -2.63. The molecule has 3 saturated carbocycles. The van der Waals surface area contributed by atoms with Crippen LogP contribution in [0.1, 0.15) is 92.9 Å². The van der Waals surface area contributed by atoms with E-state index in [1.165, 1.54) is 6.92 Å². The smallest absolute Gasteiger partial charge is 0.303 e. The van der Waals surface area contributed by atoms with Gasteiger partial charge in [0.25, 0.3) is 0 Å². The zero-order chi connectivity index (χ0) is 27.8. The molecule has 8 heteroatoms. The van der Waals surface area contributed by atoms with Crippen molar-refractivity contribution in [1.29, 1.82) is 0 Å². The first-order chi connectivity index (χ1) is 16.9. The zero-order valence-electron chi connectivity index (χ0n) is 23.2. The second-order valence-corrected chi connectivity index (χ2v) is 13.8. The van der Waals surface area contributed by atoms with Crippen molar-refractivity contribution in [2.75, 3.05) is 0 Å². The summed E-state index contributed by atoms with van der Waals surface area (Å²) in [5.41, 5.74) is -4.45. The van der Waals surface area contributed by atoms with Gasteiger partial charge in [0.1, 0.15) is 11.7 Å². The molecule has 0 aromatic rings. The molecule has 4 rings (SSSR count). The first kappa shape index (κ1) is 28.7. The summed E-state index contributed by atoms with van der Waals surface area (Å²) in [5.74, 6) is -1.56. The summed E-state index contributed by atoms with van der Waals surface area (Å²) in [6, 6.07) is 0. The van der Waals surface area contributed by atoms with Crippen LogP contribution in [0.25, 0.3) is 0 Å². The molecular weight excluding hydrogens is 476 g/mol. The van der Waals surface area contributed by atoms with Crippen LogP contribution in [0.2, 0.25) is 0 Å². The largest absolute Gasteiger partial charge is 0.459 e. The van der Waals surface area contributed by atoms with Gasteiger partial charge in [-0.3, -0.25) is 9.59 Å². The molecule has 4 aliphatic rings. The molecule has 37 heavy (non-hydrogen) atoms. The monoisotopic (exact) mass is 522 g/mol. The normalized spacial score (nSPS) is 44.1. The first-order valence-electron chi connectivity index (χ1n) is 13.8. The van der Waals surface area contributed by atoms with Crippen LogP contribution in [0.15, 0.2) is 11.6 Å². The average Bonchev–Trinajstić information content (AvgIpc) is 3.04. The van der Waals surface area contributed by atoms with Crippen LogP contribution in [-0.2, 0) is 14.3 Å². The number of rotatable bonds is 6. The number of aliphatic hydroxyl groups excluding tert-OH is 2. The minimum Gasteiger partial charge on any atom is -0.459 e.